The smallest absolute Gasteiger partial charge is 0.254 e. The second-order valence-corrected chi connectivity index (χ2v) is 7.21. The van der Waals surface area contributed by atoms with Crippen LogP contribution >= 0.6 is 0 Å². The normalized spacial score (nSPS) is 15.3. The van der Waals surface area contributed by atoms with Crippen LogP contribution in [0.25, 0.3) is 6.08 Å². The van der Waals surface area contributed by atoms with E-state index in [0.29, 0.717) is 17.1 Å². The van der Waals surface area contributed by atoms with Gasteiger partial charge in [0.1, 0.15) is 0 Å². The van der Waals surface area contributed by atoms with Gasteiger partial charge in [0, 0.05) is 43.9 Å². The molecule has 29 heavy (non-hydrogen) atoms. The van der Waals surface area contributed by atoms with Crippen molar-refractivity contribution in [2.45, 2.75) is 19.9 Å². The summed E-state index contributed by atoms with van der Waals surface area (Å²) in [6, 6.07) is 14.2. The average molecular weight is 395 g/mol. The van der Waals surface area contributed by atoms with Crippen molar-refractivity contribution in [3.05, 3.63) is 65.2 Å². The Kier molecular flexibility index (Phi) is 7.30. The second-order valence-electron chi connectivity index (χ2n) is 7.21. The van der Waals surface area contributed by atoms with Crippen LogP contribution < -0.4 is 9.47 Å². The number of rotatable bonds is 6. The lowest BCUT2D eigenvalue weighted by atomic mass is 10.1. The lowest BCUT2D eigenvalue weighted by Gasteiger charge is -2.23. The summed E-state index contributed by atoms with van der Waals surface area (Å²) in [5.74, 6) is 1.26. The van der Waals surface area contributed by atoms with E-state index < -0.39 is 0 Å². The summed E-state index contributed by atoms with van der Waals surface area (Å²) >= 11 is 0. The van der Waals surface area contributed by atoms with Crippen LogP contribution in [0.5, 0.6) is 11.5 Å². The van der Waals surface area contributed by atoms with E-state index in [2.05, 4.69) is 29.2 Å². The van der Waals surface area contributed by atoms with Crippen molar-refractivity contribution in [1.82, 2.24) is 9.80 Å². The van der Waals surface area contributed by atoms with Gasteiger partial charge in [-0.25, -0.2) is 0 Å². The Morgan fingerprint density at radius 3 is 2.52 bits per heavy atom. The molecule has 1 amide bonds. The summed E-state index contributed by atoms with van der Waals surface area (Å²) in [6.45, 7) is 6.21. The van der Waals surface area contributed by atoms with E-state index in [4.69, 9.17) is 9.47 Å². The molecule has 1 aliphatic rings. The number of carbonyl (C=O) groups is 1. The van der Waals surface area contributed by atoms with Gasteiger partial charge in [-0.2, -0.15) is 0 Å². The summed E-state index contributed by atoms with van der Waals surface area (Å²) in [4.78, 5) is 17.6. The van der Waals surface area contributed by atoms with Crippen LogP contribution in [0, 0.1) is 0 Å². The number of carbonyl (C=O) groups excluding carboxylic acids is 1. The molecule has 0 N–H and O–H groups in total. The average Bonchev–Trinajstić information content (AvgIpc) is 2.99. The maximum absolute atomic E-state index is 13.2. The van der Waals surface area contributed by atoms with Crippen LogP contribution in [-0.2, 0) is 6.54 Å². The Hall–Kier alpha value is -2.79. The summed E-state index contributed by atoms with van der Waals surface area (Å²) in [5.41, 5.74) is 2.79. The molecule has 0 radical (unpaired) electrons. The zero-order valence-electron chi connectivity index (χ0n) is 17.6. The lowest BCUT2D eigenvalue weighted by molar-refractivity contribution is 0.0760. The van der Waals surface area contributed by atoms with Gasteiger partial charge < -0.3 is 14.4 Å². The minimum absolute atomic E-state index is 0.0401. The van der Waals surface area contributed by atoms with Gasteiger partial charge in [-0.3, -0.25) is 9.69 Å². The molecule has 2 aromatic carbocycles. The molecule has 1 saturated heterocycles. The number of ether oxygens (including phenoxy) is 2. The first-order chi connectivity index (χ1) is 14.2. The highest BCUT2D eigenvalue weighted by Crippen LogP contribution is 2.34. The third kappa shape index (κ3) is 5.18. The van der Waals surface area contributed by atoms with Crippen molar-refractivity contribution in [3.63, 3.8) is 0 Å². The minimum Gasteiger partial charge on any atom is -0.493 e. The van der Waals surface area contributed by atoms with Crippen molar-refractivity contribution >= 4 is 12.0 Å². The molecular formula is C24H30N2O3. The van der Waals surface area contributed by atoms with Gasteiger partial charge in [-0.05, 0) is 31.0 Å². The Balaban J connectivity index is 1.74. The number of benzene rings is 2. The SMILES string of the molecule is C/C=C/c1cc(C(=O)N2CCCN(Cc3ccccc3)CC2)cc(OC)c1OC. The number of hydrogen-bond acceptors (Lipinski definition) is 4. The van der Waals surface area contributed by atoms with Crippen molar-refractivity contribution < 1.29 is 14.3 Å². The van der Waals surface area contributed by atoms with E-state index in [9.17, 15) is 4.79 Å². The molecule has 2 aromatic rings. The predicted octanol–water partition coefficient (Wildman–Crippen LogP) is 4.09. The largest absolute Gasteiger partial charge is 0.493 e. The molecular weight excluding hydrogens is 364 g/mol. The Labute approximate surface area is 173 Å². The number of methoxy groups -OCH3 is 2. The van der Waals surface area contributed by atoms with Gasteiger partial charge in [0.15, 0.2) is 11.5 Å². The van der Waals surface area contributed by atoms with Gasteiger partial charge in [0.25, 0.3) is 5.91 Å². The van der Waals surface area contributed by atoms with Gasteiger partial charge in [-0.1, -0.05) is 42.5 Å². The maximum atomic E-state index is 13.2. The zero-order chi connectivity index (χ0) is 20.6. The molecule has 0 unspecified atom stereocenters. The van der Waals surface area contributed by atoms with Crippen molar-refractivity contribution in [2.75, 3.05) is 40.4 Å². The van der Waals surface area contributed by atoms with E-state index in [0.717, 1.165) is 44.7 Å². The fourth-order valence-electron chi connectivity index (χ4n) is 3.78. The second kappa shape index (κ2) is 10.1. The molecule has 5 heteroatoms. The van der Waals surface area contributed by atoms with Gasteiger partial charge in [0.05, 0.1) is 14.2 Å². The third-order valence-corrected chi connectivity index (χ3v) is 5.23. The fraction of sp³-hybridized carbons (Fsp3) is 0.375. The van der Waals surface area contributed by atoms with Crippen molar-refractivity contribution in [3.8, 4) is 11.5 Å². The Morgan fingerprint density at radius 1 is 1.03 bits per heavy atom. The number of nitrogens with zero attached hydrogens (tertiary/aromatic N) is 2. The van der Waals surface area contributed by atoms with Crippen LogP contribution in [-0.4, -0.2) is 56.1 Å². The lowest BCUT2D eigenvalue weighted by Crippen LogP contribution is -2.35. The van der Waals surface area contributed by atoms with E-state index >= 15 is 0 Å². The predicted molar refractivity (Wildman–Crippen MR) is 116 cm³/mol. The van der Waals surface area contributed by atoms with Crippen molar-refractivity contribution in [2.24, 2.45) is 0 Å². The van der Waals surface area contributed by atoms with Crippen LogP contribution in [0.15, 0.2) is 48.5 Å². The summed E-state index contributed by atoms with van der Waals surface area (Å²) in [5, 5.41) is 0. The first kappa shape index (κ1) is 20.9. The molecule has 3 rings (SSSR count). The van der Waals surface area contributed by atoms with Crippen LogP contribution in [0.4, 0.5) is 0 Å². The summed E-state index contributed by atoms with van der Waals surface area (Å²) < 4.78 is 11.0. The Morgan fingerprint density at radius 2 is 1.83 bits per heavy atom. The molecule has 0 atom stereocenters. The maximum Gasteiger partial charge on any atom is 0.254 e. The molecule has 0 bridgehead atoms. The van der Waals surface area contributed by atoms with Crippen molar-refractivity contribution in [1.29, 1.82) is 0 Å². The zero-order valence-corrected chi connectivity index (χ0v) is 17.6. The topological polar surface area (TPSA) is 42.0 Å². The number of allylic oxidation sites excluding steroid dienone is 1. The van der Waals surface area contributed by atoms with E-state index in [1.165, 1.54) is 5.56 Å². The van der Waals surface area contributed by atoms with E-state index in [-0.39, 0.29) is 5.91 Å². The molecule has 0 aliphatic carbocycles. The molecule has 0 aromatic heterocycles. The van der Waals surface area contributed by atoms with Gasteiger partial charge >= 0.3 is 0 Å². The van der Waals surface area contributed by atoms with E-state index in [1.54, 1.807) is 20.3 Å². The Bertz CT molecular complexity index is 849. The molecule has 154 valence electrons. The first-order valence-electron chi connectivity index (χ1n) is 10.1. The molecule has 1 aliphatic heterocycles. The molecule has 5 nitrogen and oxygen atoms in total. The molecule has 1 fully saturated rings. The monoisotopic (exact) mass is 394 g/mol. The van der Waals surface area contributed by atoms with Crippen LogP contribution in [0.1, 0.15) is 34.8 Å². The fourth-order valence-corrected chi connectivity index (χ4v) is 3.78. The quantitative estimate of drug-likeness (QED) is 0.740. The van der Waals surface area contributed by atoms with Gasteiger partial charge in [-0.15, -0.1) is 0 Å². The number of hydrogen-bond donors (Lipinski definition) is 0. The third-order valence-electron chi connectivity index (χ3n) is 5.23. The molecule has 0 spiro atoms. The first-order valence-corrected chi connectivity index (χ1v) is 10.1. The summed E-state index contributed by atoms with van der Waals surface area (Å²) in [6.07, 6.45) is 4.83. The molecule has 1 heterocycles. The minimum atomic E-state index is 0.0401. The highest BCUT2D eigenvalue weighted by atomic mass is 16.5. The number of amides is 1. The van der Waals surface area contributed by atoms with Crippen LogP contribution in [0.2, 0.25) is 0 Å². The highest BCUT2D eigenvalue weighted by molar-refractivity contribution is 5.96. The van der Waals surface area contributed by atoms with Gasteiger partial charge in [0.2, 0.25) is 0 Å². The highest BCUT2D eigenvalue weighted by Gasteiger charge is 2.22. The summed E-state index contributed by atoms with van der Waals surface area (Å²) in [7, 11) is 3.21. The standard InChI is InChI=1S/C24H30N2O3/c1-4-9-20-16-21(17-22(28-2)23(20)29-3)24(27)26-13-8-12-25(14-15-26)18-19-10-6-5-7-11-19/h4-7,9-11,16-17H,8,12-15,18H2,1-3H3/b9-4+. The molecule has 0 saturated carbocycles. The van der Waals surface area contributed by atoms with E-state index in [1.807, 2.05) is 36.1 Å². The van der Waals surface area contributed by atoms with Crippen LogP contribution in [0.3, 0.4) is 0 Å².